The van der Waals surface area contributed by atoms with Gasteiger partial charge in [0.05, 0.1) is 6.10 Å². The van der Waals surface area contributed by atoms with Crippen molar-refractivity contribution in [2.75, 3.05) is 13.2 Å². The van der Waals surface area contributed by atoms with Gasteiger partial charge in [0.15, 0.2) is 0 Å². The molecular formula is C18H31NO. The maximum Gasteiger partial charge on any atom is 0.0547 e. The highest BCUT2D eigenvalue weighted by Crippen LogP contribution is 2.06. The molecule has 1 aromatic rings. The van der Waals surface area contributed by atoms with Crippen molar-refractivity contribution in [1.82, 2.24) is 5.32 Å². The molecule has 0 heterocycles. The highest BCUT2D eigenvalue weighted by atomic mass is 16.5. The Morgan fingerprint density at radius 3 is 2.45 bits per heavy atom. The van der Waals surface area contributed by atoms with Gasteiger partial charge >= 0.3 is 0 Å². The summed E-state index contributed by atoms with van der Waals surface area (Å²) in [5.41, 5.74) is 1.62. The summed E-state index contributed by atoms with van der Waals surface area (Å²) in [7, 11) is 0. The number of rotatable bonds is 9. The van der Waals surface area contributed by atoms with Crippen LogP contribution in [0.3, 0.4) is 0 Å². The van der Waals surface area contributed by atoms with Crippen LogP contribution in [0, 0.1) is 0 Å². The van der Waals surface area contributed by atoms with E-state index in [-0.39, 0.29) is 5.54 Å². The third kappa shape index (κ3) is 9.11. The number of nitrogens with one attached hydrogen (secondary N) is 1. The van der Waals surface area contributed by atoms with Crippen molar-refractivity contribution >= 4 is 0 Å². The number of benzene rings is 1. The molecule has 1 atom stereocenters. The van der Waals surface area contributed by atoms with Crippen LogP contribution in [0.1, 0.15) is 52.5 Å². The minimum atomic E-state index is 0.222. The fourth-order valence-electron chi connectivity index (χ4n) is 2.14. The summed E-state index contributed by atoms with van der Waals surface area (Å²) in [5.74, 6) is 0. The van der Waals surface area contributed by atoms with Crippen LogP contribution in [0.2, 0.25) is 0 Å². The van der Waals surface area contributed by atoms with Gasteiger partial charge in [0.1, 0.15) is 0 Å². The maximum atomic E-state index is 5.87. The third-order valence-corrected chi connectivity index (χ3v) is 3.30. The Labute approximate surface area is 124 Å². The molecule has 20 heavy (non-hydrogen) atoms. The Morgan fingerprint density at radius 1 is 1.10 bits per heavy atom. The van der Waals surface area contributed by atoms with Crippen molar-refractivity contribution in [3.8, 4) is 0 Å². The maximum absolute atomic E-state index is 5.87. The van der Waals surface area contributed by atoms with Crippen LogP contribution in [0.5, 0.6) is 0 Å². The van der Waals surface area contributed by atoms with Crippen molar-refractivity contribution in [2.24, 2.45) is 0 Å². The van der Waals surface area contributed by atoms with E-state index in [0.29, 0.717) is 6.10 Å². The van der Waals surface area contributed by atoms with Gasteiger partial charge in [0.25, 0.3) is 0 Å². The van der Waals surface area contributed by atoms with Gasteiger partial charge in [-0.05, 0) is 65.5 Å². The molecule has 2 heteroatoms. The average Bonchev–Trinajstić information content (AvgIpc) is 2.40. The van der Waals surface area contributed by atoms with Crippen LogP contribution in [0.4, 0.5) is 0 Å². The zero-order chi connectivity index (χ0) is 14.8. The molecule has 0 bridgehead atoms. The van der Waals surface area contributed by atoms with E-state index in [4.69, 9.17) is 4.74 Å². The topological polar surface area (TPSA) is 21.3 Å². The smallest absolute Gasteiger partial charge is 0.0547 e. The first kappa shape index (κ1) is 17.2. The van der Waals surface area contributed by atoms with Crippen LogP contribution >= 0.6 is 0 Å². The van der Waals surface area contributed by atoms with Crippen LogP contribution in [-0.4, -0.2) is 24.8 Å². The van der Waals surface area contributed by atoms with E-state index in [0.717, 1.165) is 32.4 Å². The van der Waals surface area contributed by atoms with Crippen LogP contribution in [-0.2, 0) is 11.2 Å². The van der Waals surface area contributed by atoms with E-state index in [1.165, 1.54) is 12.0 Å². The van der Waals surface area contributed by atoms with Crippen LogP contribution < -0.4 is 5.32 Å². The molecular weight excluding hydrogens is 246 g/mol. The largest absolute Gasteiger partial charge is 0.378 e. The van der Waals surface area contributed by atoms with Crippen LogP contribution in [0.15, 0.2) is 30.3 Å². The van der Waals surface area contributed by atoms with Crippen LogP contribution in [0.25, 0.3) is 0 Å². The van der Waals surface area contributed by atoms with E-state index in [1.54, 1.807) is 0 Å². The molecule has 1 N–H and O–H groups in total. The Hall–Kier alpha value is -0.860. The van der Waals surface area contributed by atoms with Gasteiger partial charge in [-0.25, -0.2) is 0 Å². The van der Waals surface area contributed by atoms with Crippen molar-refractivity contribution in [2.45, 2.75) is 65.0 Å². The first-order chi connectivity index (χ1) is 9.47. The van der Waals surface area contributed by atoms with Gasteiger partial charge in [-0.2, -0.15) is 0 Å². The molecule has 1 rings (SSSR count). The normalized spacial score (nSPS) is 13.4. The van der Waals surface area contributed by atoms with Gasteiger partial charge in [-0.15, -0.1) is 0 Å². The summed E-state index contributed by atoms with van der Waals surface area (Å²) in [4.78, 5) is 0. The van der Waals surface area contributed by atoms with Gasteiger partial charge in [-0.1, -0.05) is 30.3 Å². The Bertz CT molecular complexity index is 342. The molecule has 0 radical (unpaired) electrons. The molecule has 1 aromatic carbocycles. The van der Waals surface area contributed by atoms with E-state index < -0.39 is 0 Å². The van der Waals surface area contributed by atoms with Crippen molar-refractivity contribution < 1.29 is 4.74 Å². The second-order valence-corrected chi connectivity index (χ2v) is 6.59. The standard InChI is InChI=1S/C18H31NO/c1-16(10-8-14-19-18(2,3)4)20-15-9-13-17-11-6-5-7-12-17/h5-7,11-12,16,19H,8-10,13-15H2,1-4H3. The SMILES string of the molecule is CC(CCCNC(C)(C)C)OCCCc1ccccc1. The number of hydrogen-bond donors (Lipinski definition) is 1. The summed E-state index contributed by atoms with van der Waals surface area (Å²) < 4.78 is 5.87. The lowest BCUT2D eigenvalue weighted by molar-refractivity contribution is 0.0572. The van der Waals surface area contributed by atoms with Gasteiger partial charge in [0, 0.05) is 12.1 Å². The highest BCUT2D eigenvalue weighted by molar-refractivity contribution is 5.14. The molecule has 0 aromatic heterocycles. The Morgan fingerprint density at radius 2 is 1.80 bits per heavy atom. The fourth-order valence-corrected chi connectivity index (χ4v) is 2.14. The summed E-state index contributed by atoms with van der Waals surface area (Å²) >= 11 is 0. The number of ether oxygens (including phenoxy) is 1. The lowest BCUT2D eigenvalue weighted by atomic mass is 10.1. The summed E-state index contributed by atoms with van der Waals surface area (Å²) in [6, 6.07) is 10.6. The number of aryl methyl sites for hydroxylation is 1. The predicted octanol–water partition coefficient (Wildman–Crippen LogP) is 4.19. The average molecular weight is 277 g/mol. The van der Waals surface area contributed by atoms with E-state index in [1.807, 2.05) is 0 Å². The molecule has 0 fully saturated rings. The second kappa shape index (κ2) is 9.15. The number of hydrogen-bond acceptors (Lipinski definition) is 2. The molecule has 0 spiro atoms. The molecule has 1 unspecified atom stereocenters. The zero-order valence-corrected chi connectivity index (χ0v) is 13.6. The van der Waals surface area contributed by atoms with Gasteiger partial charge in [0.2, 0.25) is 0 Å². The highest BCUT2D eigenvalue weighted by Gasteiger charge is 2.08. The summed E-state index contributed by atoms with van der Waals surface area (Å²) in [5, 5.41) is 3.51. The summed E-state index contributed by atoms with van der Waals surface area (Å²) in [6.45, 7) is 10.7. The summed E-state index contributed by atoms with van der Waals surface area (Å²) in [6.07, 6.45) is 4.90. The monoisotopic (exact) mass is 277 g/mol. The Kier molecular flexibility index (Phi) is 7.86. The van der Waals surface area contributed by atoms with E-state index in [2.05, 4.69) is 63.3 Å². The lowest BCUT2D eigenvalue weighted by Gasteiger charge is -2.21. The Balaban J connectivity index is 1.99. The first-order valence-corrected chi connectivity index (χ1v) is 7.88. The molecule has 0 saturated heterocycles. The van der Waals surface area contributed by atoms with Gasteiger partial charge < -0.3 is 10.1 Å². The van der Waals surface area contributed by atoms with Crippen molar-refractivity contribution in [3.63, 3.8) is 0 Å². The van der Waals surface area contributed by atoms with Crippen molar-refractivity contribution in [3.05, 3.63) is 35.9 Å². The lowest BCUT2D eigenvalue weighted by Crippen LogP contribution is -2.36. The third-order valence-electron chi connectivity index (χ3n) is 3.30. The molecule has 2 nitrogen and oxygen atoms in total. The van der Waals surface area contributed by atoms with Crippen molar-refractivity contribution in [1.29, 1.82) is 0 Å². The molecule has 0 aliphatic rings. The minimum absolute atomic E-state index is 0.222. The predicted molar refractivity (Wildman–Crippen MR) is 87.2 cm³/mol. The van der Waals surface area contributed by atoms with E-state index >= 15 is 0 Å². The zero-order valence-electron chi connectivity index (χ0n) is 13.6. The molecule has 0 saturated carbocycles. The molecule has 0 aliphatic carbocycles. The molecule has 0 aliphatic heterocycles. The molecule has 0 amide bonds. The van der Waals surface area contributed by atoms with E-state index in [9.17, 15) is 0 Å². The fraction of sp³-hybridized carbons (Fsp3) is 0.667. The minimum Gasteiger partial charge on any atom is -0.378 e. The molecule has 114 valence electrons. The second-order valence-electron chi connectivity index (χ2n) is 6.59. The first-order valence-electron chi connectivity index (χ1n) is 7.88. The van der Waals surface area contributed by atoms with Gasteiger partial charge in [-0.3, -0.25) is 0 Å². The quantitative estimate of drug-likeness (QED) is 0.683.